The Morgan fingerprint density at radius 1 is 1.09 bits per heavy atom. The van der Waals surface area contributed by atoms with Crippen molar-refractivity contribution >= 4 is 21.7 Å². The maximum Gasteiger partial charge on any atom is 0.297 e. The van der Waals surface area contributed by atoms with Crippen LogP contribution in [0.15, 0.2) is 71.9 Å². The van der Waals surface area contributed by atoms with Crippen LogP contribution in [0.2, 0.25) is 0 Å². The van der Waals surface area contributed by atoms with E-state index < -0.39 is 10.1 Å². The summed E-state index contributed by atoms with van der Waals surface area (Å²) in [4.78, 5) is 16.9. The van der Waals surface area contributed by atoms with Gasteiger partial charge < -0.3 is 5.32 Å². The van der Waals surface area contributed by atoms with Gasteiger partial charge in [-0.25, -0.2) is 9.50 Å². The van der Waals surface area contributed by atoms with Gasteiger partial charge in [-0.1, -0.05) is 29.7 Å². The van der Waals surface area contributed by atoms with E-state index in [1.807, 2.05) is 26.0 Å². The van der Waals surface area contributed by atoms with Crippen molar-refractivity contribution in [2.24, 2.45) is 0 Å². The summed E-state index contributed by atoms with van der Waals surface area (Å²) in [5, 5.41) is 6.91. The summed E-state index contributed by atoms with van der Waals surface area (Å²) in [6.07, 6.45) is 3.30. The molecule has 2 heterocycles. The van der Waals surface area contributed by atoms with Crippen molar-refractivity contribution in [2.75, 3.05) is 13.2 Å². The van der Waals surface area contributed by atoms with Gasteiger partial charge in [-0.05, 0) is 61.7 Å². The molecule has 0 aliphatic carbocycles. The SMILES string of the molecule is Cc1ccc(S(=O)(=O)OCCNC(=O)c2ccc(C)c(C#Cc3cnc4cccnn34)c2)cc1. The van der Waals surface area contributed by atoms with Gasteiger partial charge in [0.05, 0.1) is 17.7 Å². The van der Waals surface area contributed by atoms with E-state index in [4.69, 9.17) is 4.18 Å². The fourth-order valence-electron chi connectivity index (χ4n) is 3.13. The van der Waals surface area contributed by atoms with Crippen LogP contribution in [0.3, 0.4) is 0 Å². The first-order chi connectivity index (χ1) is 16.3. The molecule has 0 fully saturated rings. The highest BCUT2D eigenvalue weighted by atomic mass is 32.2. The average Bonchev–Trinajstić information content (AvgIpc) is 3.24. The minimum absolute atomic E-state index is 0.0340. The van der Waals surface area contributed by atoms with Crippen LogP contribution in [-0.4, -0.2) is 42.1 Å². The maximum absolute atomic E-state index is 12.6. The summed E-state index contributed by atoms with van der Waals surface area (Å²) in [6, 6.07) is 15.2. The summed E-state index contributed by atoms with van der Waals surface area (Å²) in [5.74, 6) is 5.77. The number of benzene rings is 2. The van der Waals surface area contributed by atoms with E-state index in [9.17, 15) is 13.2 Å². The highest BCUT2D eigenvalue weighted by Gasteiger charge is 2.15. The molecule has 0 bridgehead atoms. The number of imidazole rings is 1. The lowest BCUT2D eigenvalue weighted by atomic mass is 10.0. The molecule has 0 unspecified atom stereocenters. The summed E-state index contributed by atoms with van der Waals surface area (Å²) < 4.78 is 31.1. The number of hydrogen-bond donors (Lipinski definition) is 1. The predicted molar refractivity (Wildman–Crippen MR) is 127 cm³/mol. The minimum atomic E-state index is -3.88. The van der Waals surface area contributed by atoms with Gasteiger partial charge in [-0.3, -0.25) is 8.98 Å². The molecule has 4 rings (SSSR count). The van der Waals surface area contributed by atoms with Gasteiger partial charge in [0.25, 0.3) is 16.0 Å². The van der Waals surface area contributed by atoms with Crippen molar-refractivity contribution in [3.05, 3.63) is 94.9 Å². The molecule has 4 aromatic rings. The van der Waals surface area contributed by atoms with Gasteiger partial charge in [0.2, 0.25) is 0 Å². The van der Waals surface area contributed by atoms with Crippen LogP contribution in [0, 0.1) is 25.7 Å². The second-order valence-electron chi connectivity index (χ2n) is 7.56. The van der Waals surface area contributed by atoms with E-state index in [0.29, 0.717) is 22.5 Å². The molecule has 0 saturated carbocycles. The van der Waals surface area contributed by atoms with E-state index in [1.54, 1.807) is 47.2 Å². The minimum Gasteiger partial charge on any atom is -0.350 e. The number of aromatic nitrogens is 3. The highest BCUT2D eigenvalue weighted by molar-refractivity contribution is 7.86. The quantitative estimate of drug-likeness (QED) is 0.262. The normalized spacial score (nSPS) is 11.1. The summed E-state index contributed by atoms with van der Waals surface area (Å²) in [7, 11) is -3.88. The number of amides is 1. The first-order valence-electron chi connectivity index (χ1n) is 10.5. The van der Waals surface area contributed by atoms with Crippen LogP contribution < -0.4 is 5.32 Å². The molecule has 1 N–H and O–H groups in total. The standard InChI is InChI=1S/C25H22N4O4S/c1-18-5-11-23(12-6-18)34(31,32)33-15-14-26-25(30)21-8-7-19(2)20(16-21)9-10-22-17-27-24-4-3-13-28-29(22)24/h3-8,11-13,16-17H,14-15H2,1-2H3,(H,26,30). The van der Waals surface area contributed by atoms with Crippen LogP contribution in [0.25, 0.3) is 5.65 Å². The van der Waals surface area contributed by atoms with Crippen LogP contribution in [-0.2, 0) is 14.3 Å². The summed E-state index contributed by atoms with van der Waals surface area (Å²) >= 11 is 0. The Bertz CT molecular complexity index is 1510. The topological polar surface area (TPSA) is 103 Å². The number of nitrogens with zero attached hydrogens (tertiary/aromatic N) is 3. The van der Waals surface area contributed by atoms with Gasteiger partial charge in [-0.15, -0.1) is 0 Å². The number of hydrogen-bond acceptors (Lipinski definition) is 6. The third kappa shape index (κ3) is 5.31. The lowest BCUT2D eigenvalue weighted by molar-refractivity contribution is 0.0947. The lowest BCUT2D eigenvalue weighted by Crippen LogP contribution is -2.28. The van der Waals surface area contributed by atoms with Gasteiger partial charge in [0.15, 0.2) is 5.65 Å². The van der Waals surface area contributed by atoms with E-state index >= 15 is 0 Å². The molecule has 0 atom stereocenters. The van der Waals surface area contributed by atoms with Crippen molar-refractivity contribution in [1.82, 2.24) is 19.9 Å². The monoisotopic (exact) mass is 474 g/mol. The van der Waals surface area contributed by atoms with Crippen LogP contribution >= 0.6 is 0 Å². The molecule has 1 amide bonds. The number of carbonyl (C=O) groups excluding carboxylic acids is 1. The Kier molecular flexibility index (Phi) is 6.72. The first kappa shape index (κ1) is 23.2. The molecule has 8 nitrogen and oxygen atoms in total. The molecule has 34 heavy (non-hydrogen) atoms. The zero-order valence-corrected chi connectivity index (χ0v) is 19.5. The molecular formula is C25H22N4O4S. The van der Waals surface area contributed by atoms with Gasteiger partial charge >= 0.3 is 0 Å². The zero-order valence-electron chi connectivity index (χ0n) is 18.6. The largest absolute Gasteiger partial charge is 0.350 e. The smallest absolute Gasteiger partial charge is 0.297 e. The number of fused-ring (bicyclic) bond motifs is 1. The molecule has 0 saturated heterocycles. The first-order valence-corrected chi connectivity index (χ1v) is 11.9. The number of carbonyl (C=O) groups is 1. The molecule has 0 spiro atoms. The second kappa shape index (κ2) is 9.87. The molecule has 0 aliphatic rings. The Hall–Kier alpha value is -4.00. The fraction of sp³-hybridized carbons (Fsp3) is 0.160. The van der Waals surface area contributed by atoms with Gasteiger partial charge in [0.1, 0.15) is 5.69 Å². The van der Waals surface area contributed by atoms with E-state index in [2.05, 4.69) is 27.2 Å². The number of aryl methyl sites for hydroxylation is 2. The van der Waals surface area contributed by atoms with Crippen molar-refractivity contribution in [2.45, 2.75) is 18.7 Å². The second-order valence-corrected chi connectivity index (χ2v) is 9.18. The van der Waals surface area contributed by atoms with Crippen LogP contribution in [0.1, 0.15) is 32.7 Å². The van der Waals surface area contributed by atoms with Crippen LogP contribution in [0.4, 0.5) is 0 Å². The molecule has 9 heteroatoms. The maximum atomic E-state index is 12.6. The van der Waals surface area contributed by atoms with Crippen molar-refractivity contribution < 1.29 is 17.4 Å². The average molecular weight is 475 g/mol. The molecule has 2 aromatic carbocycles. The Morgan fingerprint density at radius 3 is 2.68 bits per heavy atom. The summed E-state index contributed by atoms with van der Waals surface area (Å²) in [5.41, 5.74) is 4.30. The lowest BCUT2D eigenvalue weighted by Gasteiger charge is -2.08. The third-order valence-electron chi connectivity index (χ3n) is 5.04. The predicted octanol–water partition coefficient (Wildman–Crippen LogP) is 2.88. The highest BCUT2D eigenvalue weighted by Crippen LogP contribution is 2.13. The van der Waals surface area contributed by atoms with Gasteiger partial charge in [0, 0.05) is 23.9 Å². The Labute approximate surface area is 197 Å². The zero-order chi connectivity index (χ0) is 24.1. The molecule has 0 aliphatic heterocycles. The third-order valence-corrected chi connectivity index (χ3v) is 6.37. The van der Waals surface area contributed by atoms with Crippen molar-refractivity contribution in [1.29, 1.82) is 0 Å². The number of rotatable bonds is 6. The van der Waals surface area contributed by atoms with E-state index in [-0.39, 0.29) is 24.0 Å². The van der Waals surface area contributed by atoms with Crippen LogP contribution in [0.5, 0.6) is 0 Å². The molecule has 2 aromatic heterocycles. The Balaban J connectivity index is 1.39. The molecular weight excluding hydrogens is 452 g/mol. The number of nitrogens with one attached hydrogen (secondary N) is 1. The Morgan fingerprint density at radius 2 is 1.88 bits per heavy atom. The fourth-order valence-corrected chi connectivity index (χ4v) is 4.04. The van der Waals surface area contributed by atoms with Gasteiger partial charge in [-0.2, -0.15) is 13.5 Å². The molecule has 0 radical (unpaired) electrons. The van der Waals surface area contributed by atoms with Crippen molar-refractivity contribution in [3.63, 3.8) is 0 Å². The van der Waals surface area contributed by atoms with E-state index in [0.717, 1.165) is 11.1 Å². The summed E-state index contributed by atoms with van der Waals surface area (Å²) in [6.45, 7) is 3.63. The van der Waals surface area contributed by atoms with E-state index in [1.165, 1.54) is 12.1 Å². The van der Waals surface area contributed by atoms with Crippen molar-refractivity contribution in [3.8, 4) is 11.8 Å². The molecule has 172 valence electrons.